The highest BCUT2D eigenvalue weighted by atomic mass is 16.3. The fourth-order valence-corrected chi connectivity index (χ4v) is 3.51. The van der Waals surface area contributed by atoms with Crippen molar-refractivity contribution in [3.05, 3.63) is 96.2 Å². The number of Topliss-reactive ketones (excluding diaryl/α,β-unsaturated/α-hetero) is 1. The number of phenols is 1. The summed E-state index contributed by atoms with van der Waals surface area (Å²) < 4.78 is 0. The van der Waals surface area contributed by atoms with E-state index in [4.69, 9.17) is 0 Å². The highest BCUT2D eigenvalue weighted by Crippen LogP contribution is 2.23. The standard InChI is InChI=1S/C26H23NO2/c28-24-14-10-20(11-15-24)16-25(29)6-3-4-19-8-12-21(13-9-19)23-17-22-5-1-2-7-26(22)27-18-23/h1-2,5,7-15,17-18,28H,3-4,6,16H2. The van der Waals surface area contributed by atoms with E-state index in [1.165, 1.54) is 5.56 Å². The Bertz CT molecular complexity index is 1120. The summed E-state index contributed by atoms with van der Waals surface area (Å²) in [5.74, 6) is 0.457. The number of nitrogens with zero attached hydrogens (tertiary/aromatic N) is 1. The highest BCUT2D eigenvalue weighted by molar-refractivity contribution is 5.83. The van der Waals surface area contributed by atoms with Crippen LogP contribution in [0.4, 0.5) is 0 Å². The molecule has 0 aliphatic heterocycles. The number of carbonyl (C=O) groups is 1. The van der Waals surface area contributed by atoms with Crippen molar-refractivity contribution in [3.63, 3.8) is 0 Å². The number of para-hydroxylation sites is 1. The van der Waals surface area contributed by atoms with Crippen LogP contribution < -0.4 is 0 Å². The number of pyridine rings is 1. The molecule has 29 heavy (non-hydrogen) atoms. The molecule has 4 rings (SSSR count). The number of ketones is 1. The summed E-state index contributed by atoms with van der Waals surface area (Å²) in [7, 11) is 0. The molecule has 1 aromatic heterocycles. The molecular formula is C26H23NO2. The number of aromatic nitrogens is 1. The lowest BCUT2D eigenvalue weighted by atomic mass is 10.00. The van der Waals surface area contributed by atoms with Gasteiger partial charge in [0.2, 0.25) is 0 Å². The van der Waals surface area contributed by atoms with Crippen LogP contribution in [0.1, 0.15) is 24.0 Å². The molecule has 0 radical (unpaired) electrons. The first kappa shape index (κ1) is 18.9. The van der Waals surface area contributed by atoms with Gasteiger partial charge in [0.1, 0.15) is 11.5 Å². The number of aryl methyl sites for hydroxylation is 1. The van der Waals surface area contributed by atoms with Gasteiger partial charge in [-0.1, -0.05) is 54.6 Å². The summed E-state index contributed by atoms with van der Waals surface area (Å²) >= 11 is 0. The summed E-state index contributed by atoms with van der Waals surface area (Å²) in [4.78, 5) is 16.7. The van der Waals surface area contributed by atoms with Crippen molar-refractivity contribution in [2.24, 2.45) is 0 Å². The van der Waals surface area contributed by atoms with Gasteiger partial charge in [-0.15, -0.1) is 0 Å². The van der Waals surface area contributed by atoms with Crippen LogP contribution in [0.2, 0.25) is 0 Å². The van der Waals surface area contributed by atoms with Crippen LogP contribution in [0.15, 0.2) is 85.1 Å². The van der Waals surface area contributed by atoms with Crippen LogP contribution in [-0.2, 0) is 17.6 Å². The van der Waals surface area contributed by atoms with Crippen molar-refractivity contribution >= 4 is 16.7 Å². The molecule has 0 fully saturated rings. The molecule has 0 bridgehead atoms. The van der Waals surface area contributed by atoms with E-state index in [0.717, 1.165) is 40.4 Å². The molecule has 0 atom stereocenters. The van der Waals surface area contributed by atoms with Crippen LogP contribution in [0.25, 0.3) is 22.0 Å². The lowest BCUT2D eigenvalue weighted by Crippen LogP contribution is -2.03. The summed E-state index contributed by atoms with van der Waals surface area (Å²) in [6.45, 7) is 0. The Balaban J connectivity index is 1.32. The fourth-order valence-electron chi connectivity index (χ4n) is 3.51. The van der Waals surface area contributed by atoms with Gasteiger partial charge in [-0.05, 0) is 53.8 Å². The lowest BCUT2D eigenvalue weighted by Gasteiger charge is -2.06. The SMILES string of the molecule is O=C(CCCc1ccc(-c2cnc3ccccc3c2)cc1)Cc1ccc(O)cc1. The van der Waals surface area contributed by atoms with E-state index in [1.54, 1.807) is 24.3 Å². The van der Waals surface area contributed by atoms with Crippen LogP contribution in [-0.4, -0.2) is 15.9 Å². The zero-order valence-electron chi connectivity index (χ0n) is 16.2. The Morgan fingerprint density at radius 2 is 1.55 bits per heavy atom. The van der Waals surface area contributed by atoms with E-state index in [0.29, 0.717) is 12.8 Å². The van der Waals surface area contributed by atoms with Crippen molar-refractivity contribution in [3.8, 4) is 16.9 Å². The Hall–Kier alpha value is -3.46. The van der Waals surface area contributed by atoms with E-state index in [9.17, 15) is 9.90 Å². The van der Waals surface area contributed by atoms with E-state index in [1.807, 2.05) is 24.4 Å². The lowest BCUT2D eigenvalue weighted by molar-refractivity contribution is -0.118. The first-order valence-electron chi connectivity index (χ1n) is 9.91. The average molecular weight is 381 g/mol. The third kappa shape index (κ3) is 4.88. The van der Waals surface area contributed by atoms with Crippen LogP contribution in [0.3, 0.4) is 0 Å². The third-order valence-corrected chi connectivity index (χ3v) is 5.14. The van der Waals surface area contributed by atoms with E-state index < -0.39 is 0 Å². The predicted octanol–water partition coefficient (Wildman–Crippen LogP) is 5.74. The Morgan fingerprint density at radius 1 is 0.828 bits per heavy atom. The second-order valence-corrected chi connectivity index (χ2v) is 7.35. The quantitative estimate of drug-likeness (QED) is 0.444. The molecule has 0 amide bonds. The van der Waals surface area contributed by atoms with Gasteiger partial charge in [0, 0.05) is 30.0 Å². The second-order valence-electron chi connectivity index (χ2n) is 7.35. The molecule has 1 heterocycles. The van der Waals surface area contributed by atoms with E-state index in [2.05, 4.69) is 41.4 Å². The predicted molar refractivity (Wildman–Crippen MR) is 117 cm³/mol. The van der Waals surface area contributed by atoms with Crippen molar-refractivity contribution in [2.75, 3.05) is 0 Å². The molecule has 4 aromatic rings. The third-order valence-electron chi connectivity index (χ3n) is 5.14. The zero-order valence-corrected chi connectivity index (χ0v) is 16.2. The Labute approximate surface area is 170 Å². The van der Waals surface area contributed by atoms with Gasteiger partial charge in [-0.3, -0.25) is 9.78 Å². The summed E-state index contributed by atoms with van der Waals surface area (Å²) in [5.41, 5.74) is 5.45. The molecule has 0 saturated heterocycles. The van der Waals surface area contributed by atoms with E-state index >= 15 is 0 Å². The first-order valence-corrected chi connectivity index (χ1v) is 9.91. The topological polar surface area (TPSA) is 50.2 Å². The number of hydrogen-bond acceptors (Lipinski definition) is 3. The maximum Gasteiger partial charge on any atom is 0.137 e. The molecule has 3 nitrogen and oxygen atoms in total. The smallest absolute Gasteiger partial charge is 0.137 e. The minimum Gasteiger partial charge on any atom is -0.508 e. The Kier molecular flexibility index (Phi) is 5.66. The number of hydrogen-bond donors (Lipinski definition) is 1. The Morgan fingerprint density at radius 3 is 2.34 bits per heavy atom. The molecular weight excluding hydrogens is 358 g/mol. The van der Waals surface area contributed by atoms with Crippen molar-refractivity contribution in [2.45, 2.75) is 25.7 Å². The summed E-state index contributed by atoms with van der Waals surface area (Å²) in [6.07, 6.45) is 4.64. The number of rotatable bonds is 7. The number of fused-ring (bicyclic) bond motifs is 1. The van der Waals surface area contributed by atoms with Gasteiger partial charge in [0.15, 0.2) is 0 Å². The largest absolute Gasteiger partial charge is 0.508 e. The summed E-state index contributed by atoms with van der Waals surface area (Å²) in [5, 5.41) is 10.4. The second kappa shape index (κ2) is 8.70. The molecule has 0 aliphatic carbocycles. The van der Waals surface area contributed by atoms with Gasteiger partial charge < -0.3 is 5.11 Å². The summed E-state index contributed by atoms with van der Waals surface area (Å²) in [6, 6.07) is 25.6. The maximum atomic E-state index is 12.2. The van der Waals surface area contributed by atoms with Crippen molar-refractivity contribution in [1.82, 2.24) is 4.98 Å². The molecule has 0 unspecified atom stereocenters. The monoisotopic (exact) mass is 381 g/mol. The average Bonchev–Trinajstić information content (AvgIpc) is 2.75. The van der Waals surface area contributed by atoms with Gasteiger partial charge in [0.25, 0.3) is 0 Å². The molecule has 144 valence electrons. The van der Waals surface area contributed by atoms with Crippen LogP contribution in [0, 0.1) is 0 Å². The molecule has 0 spiro atoms. The van der Waals surface area contributed by atoms with Crippen molar-refractivity contribution < 1.29 is 9.90 Å². The van der Waals surface area contributed by atoms with E-state index in [-0.39, 0.29) is 11.5 Å². The van der Waals surface area contributed by atoms with Crippen LogP contribution in [0.5, 0.6) is 5.75 Å². The molecule has 3 aromatic carbocycles. The molecule has 3 heteroatoms. The fraction of sp³-hybridized carbons (Fsp3) is 0.154. The number of aromatic hydroxyl groups is 1. The number of carbonyl (C=O) groups excluding carboxylic acids is 1. The zero-order chi connectivity index (χ0) is 20.1. The van der Waals surface area contributed by atoms with Gasteiger partial charge in [-0.2, -0.15) is 0 Å². The molecule has 0 aliphatic rings. The van der Waals surface area contributed by atoms with Crippen molar-refractivity contribution in [1.29, 1.82) is 0 Å². The van der Waals surface area contributed by atoms with Crippen LogP contribution >= 0.6 is 0 Å². The van der Waals surface area contributed by atoms with Gasteiger partial charge in [0.05, 0.1) is 5.52 Å². The number of benzene rings is 3. The first-order chi connectivity index (χ1) is 14.2. The van der Waals surface area contributed by atoms with Gasteiger partial charge >= 0.3 is 0 Å². The highest BCUT2D eigenvalue weighted by Gasteiger charge is 2.05. The minimum atomic E-state index is 0.226. The minimum absolute atomic E-state index is 0.226. The normalized spacial score (nSPS) is 10.9. The number of phenolic OH excluding ortho intramolecular Hbond substituents is 1. The maximum absolute atomic E-state index is 12.2. The molecule has 0 saturated carbocycles. The molecule has 1 N–H and O–H groups in total. The van der Waals surface area contributed by atoms with Gasteiger partial charge in [-0.25, -0.2) is 0 Å².